The molecule has 0 saturated heterocycles. The highest BCUT2D eigenvalue weighted by atomic mass is 16.5. The molecule has 4 fully saturated rings. The second kappa shape index (κ2) is 9.96. The molecule has 0 atom stereocenters. The fourth-order valence-corrected chi connectivity index (χ4v) is 7.44. The molecule has 0 unspecified atom stereocenters. The molecule has 2 aromatic rings. The highest BCUT2D eigenvalue weighted by Gasteiger charge is 2.52. The number of methoxy groups -OCH3 is 1. The summed E-state index contributed by atoms with van der Waals surface area (Å²) in [4.78, 5) is 22.5. The van der Waals surface area contributed by atoms with Crippen LogP contribution in [0.15, 0.2) is 60.7 Å². The zero-order chi connectivity index (χ0) is 25.3. The van der Waals surface area contributed by atoms with E-state index >= 15 is 0 Å². The van der Waals surface area contributed by atoms with Gasteiger partial charge in [0.1, 0.15) is 5.75 Å². The number of carboxylic acids is 2. The van der Waals surface area contributed by atoms with Crippen molar-refractivity contribution in [2.75, 3.05) is 7.11 Å². The lowest BCUT2D eigenvalue weighted by atomic mass is 9.48. The summed E-state index contributed by atoms with van der Waals surface area (Å²) in [5.41, 5.74) is 4.39. The average Bonchev–Trinajstić information content (AvgIpc) is 2.85. The Bertz CT molecular complexity index is 1190. The quantitative estimate of drug-likeness (QED) is 0.311. The zero-order valence-electron chi connectivity index (χ0n) is 20.8. The number of hydrogen-bond donors (Lipinski definition) is 2. The summed E-state index contributed by atoms with van der Waals surface area (Å²) in [7, 11) is 1.77. The van der Waals surface area contributed by atoms with E-state index in [1.54, 1.807) is 25.3 Å². The van der Waals surface area contributed by atoms with Crippen molar-refractivity contribution < 1.29 is 24.5 Å². The largest absolute Gasteiger partial charge is 0.496 e. The zero-order valence-corrected chi connectivity index (χ0v) is 20.8. The van der Waals surface area contributed by atoms with Crippen molar-refractivity contribution in [2.45, 2.75) is 56.8 Å². The fourth-order valence-electron chi connectivity index (χ4n) is 7.44. The van der Waals surface area contributed by atoms with Crippen LogP contribution < -0.4 is 4.74 Å². The SMILES string of the molecule is COc1cc(CC/C=C(/C=CC(=O)O)c2cccc(C(=O)O)c2)ccc1C12CC3CC(CC(C3)C1)C2. The fraction of sp³-hybridized carbons (Fsp3) is 0.419. The summed E-state index contributed by atoms with van der Waals surface area (Å²) in [6.07, 6.45) is 14.2. The van der Waals surface area contributed by atoms with Crippen LogP contribution in [0, 0.1) is 17.8 Å². The van der Waals surface area contributed by atoms with Crippen LogP contribution in [-0.2, 0) is 16.6 Å². The van der Waals surface area contributed by atoms with Crippen LogP contribution in [0.2, 0.25) is 0 Å². The van der Waals surface area contributed by atoms with Gasteiger partial charge in [-0.05, 0) is 116 Å². The first-order chi connectivity index (χ1) is 17.3. The van der Waals surface area contributed by atoms with E-state index in [0.29, 0.717) is 17.6 Å². The van der Waals surface area contributed by atoms with Crippen molar-refractivity contribution >= 4 is 17.5 Å². The second-order valence-corrected chi connectivity index (χ2v) is 11.0. The van der Waals surface area contributed by atoms with E-state index in [-0.39, 0.29) is 11.0 Å². The molecule has 5 heteroatoms. The van der Waals surface area contributed by atoms with E-state index in [1.165, 1.54) is 61.8 Å². The molecule has 0 amide bonds. The van der Waals surface area contributed by atoms with Gasteiger partial charge in [-0.25, -0.2) is 9.59 Å². The third-order valence-corrected chi connectivity index (χ3v) is 8.52. The van der Waals surface area contributed by atoms with Crippen molar-refractivity contribution in [1.82, 2.24) is 0 Å². The number of ether oxygens (including phenoxy) is 1. The molecule has 36 heavy (non-hydrogen) atoms. The van der Waals surface area contributed by atoms with Gasteiger partial charge in [0.25, 0.3) is 0 Å². The Morgan fingerprint density at radius 1 is 0.944 bits per heavy atom. The highest BCUT2D eigenvalue weighted by Crippen LogP contribution is 2.61. The number of rotatable bonds is 9. The first kappa shape index (κ1) is 24.4. The standard InChI is InChI=1S/C31H34O5/c1-36-28-15-20(8-10-27(28)31-17-21-12-22(18-31)14-23(13-21)19-31)4-2-5-24(9-11-29(32)33)25-6-3-7-26(16-25)30(34)35/h3,5-11,15-16,21-23H,2,4,12-14,17-19H2,1H3,(H,32,33)(H,34,35)/b11-9?,24-5-. The third-order valence-electron chi connectivity index (χ3n) is 8.52. The summed E-state index contributed by atoms with van der Waals surface area (Å²) >= 11 is 0. The van der Waals surface area contributed by atoms with Crippen molar-refractivity contribution in [3.63, 3.8) is 0 Å². The Hall–Kier alpha value is -3.34. The van der Waals surface area contributed by atoms with Crippen molar-refractivity contribution in [2.24, 2.45) is 17.8 Å². The first-order valence-corrected chi connectivity index (χ1v) is 13.0. The molecule has 6 rings (SSSR count). The van der Waals surface area contributed by atoms with Crippen LogP contribution >= 0.6 is 0 Å². The minimum absolute atomic E-state index is 0.173. The van der Waals surface area contributed by atoms with Crippen molar-refractivity contribution in [1.29, 1.82) is 0 Å². The number of aryl methyl sites for hydroxylation is 1. The van der Waals surface area contributed by atoms with Crippen LogP contribution in [0.5, 0.6) is 5.75 Å². The molecule has 4 bridgehead atoms. The summed E-state index contributed by atoms with van der Waals surface area (Å²) in [6, 6.07) is 13.3. The van der Waals surface area contributed by atoms with E-state index in [4.69, 9.17) is 9.84 Å². The summed E-state index contributed by atoms with van der Waals surface area (Å²) < 4.78 is 5.93. The molecular formula is C31H34O5. The second-order valence-electron chi connectivity index (χ2n) is 11.0. The monoisotopic (exact) mass is 486 g/mol. The molecule has 4 aliphatic rings. The molecule has 0 aromatic heterocycles. The summed E-state index contributed by atoms with van der Waals surface area (Å²) in [5, 5.41) is 18.4. The van der Waals surface area contributed by atoms with Gasteiger partial charge < -0.3 is 14.9 Å². The van der Waals surface area contributed by atoms with E-state index in [0.717, 1.165) is 36.0 Å². The summed E-state index contributed by atoms with van der Waals surface area (Å²) in [5.74, 6) is 1.58. The van der Waals surface area contributed by atoms with Crippen LogP contribution in [-0.4, -0.2) is 29.3 Å². The van der Waals surface area contributed by atoms with E-state index in [1.807, 2.05) is 6.08 Å². The average molecular weight is 487 g/mol. The number of carboxylic acid groups (broad SMARTS) is 2. The molecule has 0 spiro atoms. The number of allylic oxidation sites excluding steroid dienone is 3. The Kier molecular flexibility index (Phi) is 6.74. The maximum Gasteiger partial charge on any atom is 0.335 e. The lowest BCUT2D eigenvalue weighted by Crippen LogP contribution is -2.48. The van der Waals surface area contributed by atoms with Crippen LogP contribution in [0.25, 0.3) is 5.57 Å². The van der Waals surface area contributed by atoms with Crippen LogP contribution in [0.1, 0.15) is 72.0 Å². The highest BCUT2D eigenvalue weighted by molar-refractivity contribution is 5.90. The number of aliphatic carboxylic acids is 1. The van der Waals surface area contributed by atoms with Gasteiger partial charge in [-0.2, -0.15) is 0 Å². The predicted molar refractivity (Wildman–Crippen MR) is 139 cm³/mol. The van der Waals surface area contributed by atoms with Crippen LogP contribution in [0.4, 0.5) is 0 Å². The Balaban J connectivity index is 1.35. The number of carbonyl (C=O) groups is 2. The van der Waals surface area contributed by atoms with Crippen molar-refractivity contribution in [3.05, 3.63) is 82.9 Å². The lowest BCUT2D eigenvalue weighted by Gasteiger charge is -2.57. The topological polar surface area (TPSA) is 83.8 Å². The number of hydrogen-bond acceptors (Lipinski definition) is 3. The normalized spacial score (nSPS) is 26.9. The van der Waals surface area contributed by atoms with E-state index in [2.05, 4.69) is 18.2 Å². The number of benzene rings is 2. The van der Waals surface area contributed by atoms with Gasteiger partial charge in [-0.1, -0.05) is 30.3 Å². The number of aromatic carboxylic acids is 1. The molecule has 0 aliphatic heterocycles. The first-order valence-electron chi connectivity index (χ1n) is 13.0. The van der Waals surface area contributed by atoms with Gasteiger partial charge >= 0.3 is 11.9 Å². The van der Waals surface area contributed by atoms with Gasteiger partial charge in [0.2, 0.25) is 0 Å². The van der Waals surface area contributed by atoms with Gasteiger partial charge in [-0.15, -0.1) is 0 Å². The molecular weight excluding hydrogens is 452 g/mol. The molecule has 4 aliphatic carbocycles. The molecule has 2 N–H and O–H groups in total. The molecule has 4 saturated carbocycles. The van der Waals surface area contributed by atoms with E-state index < -0.39 is 11.9 Å². The maximum absolute atomic E-state index is 11.4. The molecule has 188 valence electrons. The van der Waals surface area contributed by atoms with Gasteiger partial charge in [-0.3, -0.25) is 0 Å². The third kappa shape index (κ3) is 4.97. The molecule has 2 aromatic carbocycles. The van der Waals surface area contributed by atoms with Gasteiger partial charge in [0.15, 0.2) is 0 Å². The minimum atomic E-state index is -1.04. The van der Waals surface area contributed by atoms with Gasteiger partial charge in [0.05, 0.1) is 12.7 Å². The summed E-state index contributed by atoms with van der Waals surface area (Å²) in [6.45, 7) is 0. The Morgan fingerprint density at radius 3 is 2.22 bits per heavy atom. The maximum atomic E-state index is 11.4. The minimum Gasteiger partial charge on any atom is -0.496 e. The Morgan fingerprint density at radius 2 is 1.61 bits per heavy atom. The molecule has 0 radical (unpaired) electrons. The lowest BCUT2D eigenvalue weighted by molar-refractivity contribution is -0.131. The molecule has 5 nitrogen and oxygen atoms in total. The Labute approximate surface area is 212 Å². The van der Waals surface area contributed by atoms with Gasteiger partial charge in [0, 0.05) is 11.6 Å². The smallest absolute Gasteiger partial charge is 0.335 e. The van der Waals surface area contributed by atoms with Crippen LogP contribution in [0.3, 0.4) is 0 Å². The predicted octanol–water partition coefficient (Wildman–Crippen LogP) is 6.52. The van der Waals surface area contributed by atoms with E-state index in [9.17, 15) is 14.7 Å². The molecule has 0 heterocycles. The van der Waals surface area contributed by atoms with Crippen molar-refractivity contribution in [3.8, 4) is 5.75 Å².